The van der Waals surface area contributed by atoms with Crippen LogP contribution in [0.4, 0.5) is 0 Å². The zero-order valence-electron chi connectivity index (χ0n) is 9.91. The van der Waals surface area contributed by atoms with Gasteiger partial charge in [-0.15, -0.1) is 0 Å². The van der Waals surface area contributed by atoms with Crippen molar-refractivity contribution in [2.75, 3.05) is 0 Å². The Balaban J connectivity index is 2.84. The monoisotopic (exact) mass is 388 g/mol. The zero-order chi connectivity index (χ0) is 14.5. The maximum absolute atomic E-state index is 8.86. The average molecular weight is 386 g/mol. The molecule has 92 valence electrons. The van der Waals surface area contributed by atoms with Crippen LogP contribution in [0.3, 0.4) is 0 Å². The minimum atomic E-state index is -0.0584. The van der Waals surface area contributed by atoms with E-state index in [0.29, 0.717) is 0 Å². The van der Waals surface area contributed by atoms with E-state index in [-0.39, 0.29) is 40.2 Å². The van der Waals surface area contributed by atoms with Crippen LogP contribution in [-0.4, -0.2) is 29.0 Å². The molecule has 0 unspecified atom stereocenters. The molecule has 2 heterocycles. The van der Waals surface area contributed by atoms with Crippen molar-refractivity contribution in [3.8, 4) is 24.3 Å². The van der Waals surface area contributed by atoms with Crippen LogP contribution in [0.2, 0.25) is 0 Å². The fourth-order valence-corrected chi connectivity index (χ4v) is 6.04. The van der Waals surface area contributed by atoms with Crippen molar-refractivity contribution in [3.05, 3.63) is 40.6 Å². The van der Waals surface area contributed by atoms with Crippen LogP contribution in [0.25, 0.3) is 11.1 Å². The number of hydrogen-bond donors (Lipinski definition) is 0. The standard InChI is InChI=1S/C14H4N4Se2/c15-5-9(6-16)11-1-3-13(19-11)14-4-2-12(20-14)10(7-17)8-18/h1-4H/b14-13-. The van der Waals surface area contributed by atoms with Crippen molar-refractivity contribution in [2.24, 2.45) is 0 Å². The van der Waals surface area contributed by atoms with Gasteiger partial charge >= 0.3 is 126 Å². The third-order valence-corrected chi connectivity index (χ3v) is 7.82. The first-order chi connectivity index (χ1) is 9.73. The number of nitrogens with zero attached hydrogens (tertiary/aromatic N) is 4. The normalized spacial score (nSPS) is 10.6. The number of nitriles is 4. The van der Waals surface area contributed by atoms with Gasteiger partial charge in [0.15, 0.2) is 0 Å². The van der Waals surface area contributed by atoms with E-state index >= 15 is 0 Å². The van der Waals surface area contributed by atoms with Crippen molar-refractivity contribution in [2.45, 2.75) is 0 Å². The summed E-state index contributed by atoms with van der Waals surface area (Å²) < 4.78 is 3.79. The SMILES string of the molecule is N#CC(C#N)=c1cc/c(=c2\ccc(=C(C#N)C#N)[se]2)[se]1. The summed E-state index contributed by atoms with van der Waals surface area (Å²) in [5.41, 5.74) is 0.327. The first-order valence-electron chi connectivity index (χ1n) is 5.28. The molecule has 4 nitrogen and oxygen atoms in total. The molecule has 6 heteroatoms. The van der Waals surface area contributed by atoms with Crippen LogP contribution in [0, 0.1) is 53.5 Å². The van der Waals surface area contributed by atoms with Crippen molar-refractivity contribution in [1.82, 2.24) is 0 Å². The second-order valence-corrected chi connectivity index (χ2v) is 8.07. The fraction of sp³-hybridized carbons (Fsp3) is 0. The van der Waals surface area contributed by atoms with Crippen LogP contribution in [0.15, 0.2) is 24.3 Å². The molecule has 0 aromatic carbocycles. The molecular weight excluding hydrogens is 382 g/mol. The summed E-state index contributed by atoms with van der Waals surface area (Å²) in [6.07, 6.45) is 0. The van der Waals surface area contributed by atoms with Gasteiger partial charge in [-0.3, -0.25) is 0 Å². The first-order valence-corrected chi connectivity index (χ1v) is 8.71. The van der Waals surface area contributed by atoms with E-state index in [1.807, 2.05) is 48.5 Å². The summed E-state index contributed by atoms with van der Waals surface area (Å²) in [6, 6.07) is 15.1. The Kier molecular flexibility index (Phi) is 4.40. The van der Waals surface area contributed by atoms with Crippen LogP contribution in [-0.2, 0) is 0 Å². The third-order valence-electron chi connectivity index (χ3n) is 2.39. The second kappa shape index (κ2) is 6.23. The van der Waals surface area contributed by atoms with Crippen LogP contribution >= 0.6 is 0 Å². The Morgan fingerprint density at radius 3 is 1.30 bits per heavy atom. The van der Waals surface area contributed by atoms with E-state index in [9.17, 15) is 0 Å². The van der Waals surface area contributed by atoms with Gasteiger partial charge in [-0.05, 0) is 0 Å². The van der Waals surface area contributed by atoms with Gasteiger partial charge in [0.25, 0.3) is 0 Å². The maximum atomic E-state index is 8.86. The molecule has 2 aromatic heterocycles. The summed E-state index contributed by atoms with van der Waals surface area (Å²) in [6.45, 7) is 0. The summed E-state index contributed by atoms with van der Waals surface area (Å²) in [7, 11) is 0. The van der Waals surface area contributed by atoms with E-state index < -0.39 is 0 Å². The Bertz CT molecular complexity index is 925. The molecule has 2 rings (SSSR count). The molecule has 0 aliphatic heterocycles. The molecule has 0 fully saturated rings. The van der Waals surface area contributed by atoms with Gasteiger partial charge in [-0.2, -0.15) is 0 Å². The molecule has 20 heavy (non-hydrogen) atoms. The molecule has 0 spiro atoms. The van der Waals surface area contributed by atoms with Crippen LogP contribution in [0.1, 0.15) is 0 Å². The van der Waals surface area contributed by atoms with Gasteiger partial charge < -0.3 is 0 Å². The number of hydrogen-bond acceptors (Lipinski definition) is 4. The van der Waals surface area contributed by atoms with Gasteiger partial charge in [0.05, 0.1) is 0 Å². The topological polar surface area (TPSA) is 95.2 Å². The van der Waals surface area contributed by atoms with Gasteiger partial charge in [-0.25, -0.2) is 0 Å². The van der Waals surface area contributed by atoms with E-state index in [2.05, 4.69) is 0 Å². The molecule has 0 saturated carbocycles. The molecule has 2 aromatic rings. The van der Waals surface area contributed by atoms with Crippen LogP contribution < -0.4 is 8.19 Å². The molecule has 0 aliphatic carbocycles. The van der Waals surface area contributed by atoms with Crippen molar-refractivity contribution < 1.29 is 0 Å². The molecule has 0 bridgehead atoms. The average Bonchev–Trinajstić information content (AvgIpc) is 3.11. The summed E-state index contributed by atoms with van der Waals surface area (Å²) >= 11 is -0.117. The summed E-state index contributed by atoms with van der Waals surface area (Å²) in [4.78, 5) is 0. The minimum absolute atomic E-state index is 0.0584. The summed E-state index contributed by atoms with van der Waals surface area (Å²) in [5.74, 6) is 0. The Hall–Kier alpha value is -2.30. The quantitative estimate of drug-likeness (QED) is 0.570. The Labute approximate surface area is 126 Å². The molecular formula is C14H4N4Se2. The van der Waals surface area contributed by atoms with Crippen LogP contribution in [0.5, 0.6) is 0 Å². The Morgan fingerprint density at radius 2 is 1.00 bits per heavy atom. The first kappa shape index (κ1) is 14.1. The molecule has 0 radical (unpaired) electrons. The second-order valence-electron chi connectivity index (χ2n) is 3.53. The van der Waals surface area contributed by atoms with Crippen molar-refractivity contribution in [1.29, 1.82) is 21.0 Å². The molecule has 0 atom stereocenters. The van der Waals surface area contributed by atoms with E-state index in [1.54, 1.807) is 0 Å². The van der Waals surface area contributed by atoms with Gasteiger partial charge in [-0.1, -0.05) is 0 Å². The van der Waals surface area contributed by atoms with Crippen molar-refractivity contribution in [3.63, 3.8) is 0 Å². The third kappa shape index (κ3) is 2.66. The number of rotatable bonds is 0. The molecule has 0 amide bonds. The summed E-state index contributed by atoms with van der Waals surface area (Å²) in [5, 5.41) is 35.4. The van der Waals surface area contributed by atoms with E-state index in [0.717, 1.165) is 16.4 Å². The fourth-order valence-electron chi connectivity index (χ4n) is 1.48. The van der Waals surface area contributed by atoms with E-state index in [1.165, 1.54) is 0 Å². The van der Waals surface area contributed by atoms with E-state index in [4.69, 9.17) is 21.0 Å². The molecule has 0 aliphatic rings. The zero-order valence-corrected chi connectivity index (χ0v) is 13.3. The van der Waals surface area contributed by atoms with Gasteiger partial charge in [0.2, 0.25) is 0 Å². The van der Waals surface area contributed by atoms with Gasteiger partial charge in [0.1, 0.15) is 0 Å². The predicted octanol–water partition coefficient (Wildman–Crippen LogP) is -0.517. The molecule has 0 saturated heterocycles. The predicted molar refractivity (Wildman–Crippen MR) is 73.0 cm³/mol. The van der Waals surface area contributed by atoms with Gasteiger partial charge in [0, 0.05) is 0 Å². The molecule has 0 N–H and O–H groups in total. The van der Waals surface area contributed by atoms with Crippen molar-refractivity contribution >= 4 is 40.2 Å². The Morgan fingerprint density at radius 1 is 0.650 bits per heavy atom.